The highest BCUT2D eigenvalue weighted by Gasteiger charge is 2.06. The van der Waals surface area contributed by atoms with E-state index in [1.54, 1.807) is 0 Å². The molecular weight excluding hydrogens is 416 g/mol. The molecule has 2 aromatic rings. The monoisotopic (exact) mass is 466 g/mol. The summed E-state index contributed by atoms with van der Waals surface area (Å²) in [6.07, 6.45) is 12.8. The molecule has 2 rings (SSSR count). The van der Waals surface area contributed by atoms with E-state index in [9.17, 15) is 0 Å². The second kappa shape index (κ2) is 14.4. The molecule has 34 heavy (non-hydrogen) atoms. The topological polar surface area (TPSA) is 24.7 Å². The largest absolute Gasteiger partial charge is 0.331 e. The molecule has 0 spiro atoms. The Labute approximate surface area is 209 Å². The fourth-order valence-corrected chi connectivity index (χ4v) is 4.11. The molecule has 0 N–H and O–H groups in total. The maximum Gasteiger partial charge on any atom is 0.0857 e. The molecule has 0 atom stereocenters. The smallest absolute Gasteiger partial charge is 0.0857 e. The van der Waals surface area contributed by atoms with Gasteiger partial charge in [-0.05, 0) is 86.8 Å². The van der Waals surface area contributed by atoms with Crippen LogP contribution in [-0.4, -0.2) is 64.3 Å². The minimum Gasteiger partial charge on any atom is -0.331 e. The van der Waals surface area contributed by atoms with E-state index < -0.39 is 0 Å². The molecule has 0 saturated heterocycles. The first-order chi connectivity index (χ1) is 16.1. The van der Waals surface area contributed by atoms with Crippen LogP contribution in [-0.2, 0) is 12.8 Å². The van der Waals surface area contributed by atoms with Crippen LogP contribution >= 0.6 is 0 Å². The lowest BCUT2D eigenvalue weighted by Gasteiger charge is -2.23. The predicted octanol–water partition coefficient (Wildman–Crippen LogP) is 7.72. The van der Waals surface area contributed by atoms with Crippen molar-refractivity contribution in [2.75, 3.05) is 55.4 Å². The summed E-state index contributed by atoms with van der Waals surface area (Å²) in [5.74, 6) is 0. The third-order valence-electron chi connectivity index (χ3n) is 6.24. The second-order valence-electron chi connectivity index (χ2n) is 11.9. The molecule has 0 bridgehead atoms. The number of hydrogen-bond donors (Lipinski definition) is 0. The maximum absolute atomic E-state index is 4.43. The van der Waals surface area contributed by atoms with Crippen LogP contribution < -0.4 is 0 Å². The van der Waals surface area contributed by atoms with E-state index in [1.165, 1.54) is 75.6 Å². The van der Waals surface area contributed by atoms with Crippen molar-refractivity contribution in [1.82, 2.24) is 0 Å². The molecule has 0 heterocycles. The van der Waals surface area contributed by atoms with Crippen LogP contribution in [0.4, 0.5) is 11.4 Å². The predicted molar refractivity (Wildman–Crippen MR) is 147 cm³/mol. The van der Waals surface area contributed by atoms with E-state index >= 15 is 0 Å². The Bertz CT molecular complexity index is 753. The Morgan fingerprint density at radius 1 is 0.441 bits per heavy atom. The van der Waals surface area contributed by atoms with Crippen molar-refractivity contribution >= 4 is 11.4 Å². The van der Waals surface area contributed by atoms with Gasteiger partial charge >= 0.3 is 0 Å². The molecule has 0 unspecified atom stereocenters. The molecule has 0 amide bonds. The average molecular weight is 467 g/mol. The molecule has 0 radical (unpaired) electrons. The normalized spacial score (nSPS) is 12.5. The zero-order chi connectivity index (χ0) is 24.9. The summed E-state index contributed by atoms with van der Waals surface area (Å²) >= 11 is 0. The summed E-state index contributed by atoms with van der Waals surface area (Å²) in [6, 6.07) is 17.1. The van der Waals surface area contributed by atoms with Crippen LogP contribution in [0.25, 0.3) is 0 Å². The van der Waals surface area contributed by atoms with Crippen molar-refractivity contribution < 1.29 is 8.97 Å². The fraction of sp³-hybridized carbons (Fsp3) is 0.600. The Morgan fingerprint density at radius 2 is 0.765 bits per heavy atom. The standard InChI is InChI=1S/C30H50N4/c1-33(2,3)25-13-9-7-11-15-27-17-21-29(22-18-27)31-32-30-23-19-28(20-24-30)16-12-8-10-14-26-34(4,5)6/h17-24H,7-16,25-26H2,1-6H3/q+2. The van der Waals surface area contributed by atoms with Gasteiger partial charge in [0.25, 0.3) is 0 Å². The molecule has 4 heteroatoms. The number of unbranched alkanes of at least 4 members (excludes halogenated alkanes) is 6. The summed E-state index contributed by atoms with van der Waals surface area (Å²) in [5, 5.41) is 8.86. The fourth-order valence-electron chi connectivity index (χ4n) is 4.11. The van der Waals surface area contributed by atoms with Crippen LogP contribution in [0.5, 0.6) is 0 Å². The lowest BCUT2D eigenvalue weighted by atomic mass is 10.1. The Hall–Kier alpha value is -2.04. The summed E-state index contributed by atoms with van der Waals surface area (Å²) in [6.45, 7) is 2.53. The maximum atomic E-state index is 4.43. The van der Waals surface area contributed by atoms with Crippen LogP contribution in [0.1, 0.15) is 62.5 Å². The highest BCUT2D eigenvalue weighted by atomic mass is 15.3. The van der Waals surface area contributed by atoms with Crippen molar-refractivity contribution in [3.8, 4) is 0 Å². The number of nitrogens with zero attached hydrogens (tertiary/aromatic N) is 4. The lowest BCUT2D eigenvalue weighted by molar-refractivity contribution is -0.870. The van der Waals surface area contributed by atoms with Crippen LogP contribution in [0.3, 0.4) is 0 Å². The Morgan fingerprint density at radius 3 is 1.09 bits per heavy atom. The summed E-state index contributed by atoms with van der Waals surface area (Å²) in [7, 11) is 13.6. The Kier molecular flexibility index (Phi) is 11.9. The van der Waals surface area contributed by atoms with Crippen LogP contribution in [0, 0.1) is 0 Å². The zero-order valence-corrected chi connectivity index (χ0v) is 22.9. The van der Waals surface area contributed by atoms with Gasteiger partial charge in [0, 0.05) is 0 Å². The molecule has 0 saturated carbocycles. The number of aryl methyl sites for hydroxylation is 2. The van der Waals surface area contributed by atoms with Gasteiger partial charge in [-0.15, -0.1) is 0 Å². The highest BCUT2D eigenvalue weighted by molar-refractivity contribution is 5.42. The first-order valence-corrected chi connectivity index (χ1v) is 13.3. The summed E-state index contributed by atoms with van der Waals surface area (Å²) in [4.78, 5) is 0. The van der Waals surface area contributed by atoms with Crippen LogP contribution in [0.15, 0.2) is 58.8 Å². The van der Waals surface area contributed by atoms with Crippen LogP contribution in [0.2, 0.25) is 0 Å². The first kappa shape index (κ1) is 28.2. The minimum atomic E-state index is 0.921. The number of rotatable bonds is 16. The number of hydrogen-bond acceptors (Lipinski definition) is 2. The van der Waals surface area contributed by atoms with Gasteiger partial charge in [-0.1, -0.05) is 37.1 Å². The summed E-state index contributed by atoms with van der Waals surface area (Å²) < 4.78 is 2.13. The van der Waals surface area contributed by atoms with Gasteiger partial charge in [0.15, 0.2) is 0 Å². The first-order valence-electron chi connectivity index (χ1n) is 13.3. The van der Waals surface area contributed by atoms with Gasteiger partial charge in [0.05, 0.1) is 66.8 Å². The van der Waals surface area contributed by atoms with Gasteiger partial charge in [0.2, 0.25) is 0 Å². The number of azo groups is 1. The molecule has 0 aliphatic heterocycles. The van der Waals surface area contributed by atoms with E-state index in [2.05, 4.69) is 101 Å². The number of quaternary nitrogens is 2. The summed E-state index contributed by atoms with van der Waals surface area (Å²) in [5.41, 5.74) is 4.63. The van der Waals surface area contributed by atoms with Gasteiger partial charge in [-0.2, -0.15) is 10.2 Å². The lowest BCUT2D eigenvalue weighted by Crippen LogP contribution is -2.35. The van der Waals surface area contributed by atoms with Crippen molar-refractivity contribution in [3.63, 3.8) is 0 Å². The van der Waals surface area contributed by atoms with E-state index in [1.807, 2.05) is 0 Å². The van der Waals surface area contributed by atoms with E-state index in [4.69, 9.17) is 0 Å². The van der Waals surface area contributed by atoms with Crippen molar-refractivity contribution in [2.24, 2.45) is 10.2 Å². The minimum absolute atomic E-state index is 0.921. The molecule has 0 aliphatic carbocycles. The average Bonchev–Trinajstić information content (AvgIpc) is 2.77. The molecule has 188 valence electrons. The van der Waals surface area contributed by atoms with Crippen molar-refractivity contribution in [3.05, 3.63) is 59.7 Å². The zero-order valence-electron chi connectivity index (χ0n) is 22.9. The highest BCUT2D eigenvalue weighted by Crippen LogP contribution is 2.21. The molecular formula is C30H50N4+2. The van der Waals surface area contributed by atoms with Crippen molar-refractivity contribution in [2.45, 2.75) is 64.2 Å². The molecule has 0 aromatic heterocycles. The third kappa shape index (κ3) is 13.6. The quantitative estimate of drug-likeness (QED) is 0.137. The van der Waals surface area contributed by atoms with E-state index in [-0.39, 0.29) is 0 Å². The van der Waals surface area contributed by atoms with Gasteiger partial charge in [-0.25, -0.2) is 0 Å². The number of benzene rings is 2. The van der Waals surface area contributed by atoms with Gasteiger partial charge in [-0.3, -0.25) is 0 Å². The van der Waals surface area contributed by atoms with E-state index in [0.29, 0.717) is 0 Å². The second-order valence-corrected chi connectivity index (χ2v) is 11.9. The Balaban J connectivity index is 1.65. The molecule has 0 aliphatic rings. The van der Waals surface area contributed by atoms with Crippen molar-refractivity contribution in [1.29, 1.82) is 0 Å². The van der Waals surface area contributed by atoms with E-state index in [0.717, 1.165) is 33.2 Å². The molecule has 0 fully saturated rings. The molecule has 4 nitrogen and oxygen atoms in total. The SMILES string of the molecule is C[N+](C)(C)CCCCCCc1ccc(N=Nc2ccc(CCCCCC[N+](C)(C)C)cc2)cc1. The van der Waals surface area contributed by atoms with Gasteiger partial charge < -0.3 is 8.97 Å². The third-order valence-corrected chi connectivity index (χ3v) is 6.24. The van der Waals surface area contributed by atoms with Gasteiger partial charge in [0.1, 0.15) is 0 Å². The molecule has 2 aromatic carbocycles.